The highest BCUT2D eigenvalue weighted by Gasteiger charge is 2.39. The summed E-state index contributed by atoms with van der Waals surface area (Å²) in [5, 5.41) is 9.23. The van der Waals surface area contributed by atoms with E-state index in [0.717, 1.165) is 16.9 Å². The monoisotopic (exact) mass is 231 g/mol. The molecule has 1 saturated heterocycles. The van der Waals surface area contributed by atoms with Gasteiger partial charge in [0, 0.05) is 0 Å². The number of rotatable bonds is 3. The van der Waals surface area contributed by atoms with Crippen LogP contribution in [0.5, 0.6) is 5.75 Å². The number of hydrogen-bond acceptors (Lipinski definition) is 3. The zero-order valence-corrected chi connectivity index (χ0v) is 10.5. The number of nitriles is 1. The molecule has 17 heavy (non-hydrogen) atoms. The van der Waals surface area contributed by atoms with Gasteiger partial charge in [-0.05, 0) is 31.4 Å². The lowest BCUT2D eigenvalue weighted by molar-refractivity contribution is -0.0767. The minimum atomic E-state index is -0.354. The molecular weight excluding hydrogens is 214 g/mol. The van der Waals surface area contributed by atoms with Gasteiger partial charge >= 0.3 is 0 Å². The van der Waals surface area contributed by atoms with E-state index in [9.17, 15) is 5.26 Å². The van der Waals surface area contributed by atoms with Gasteiger partial charge in [0.15, 0.2) is 0 Å². The molecule has 0 N–H and O–H groups in total. The molecule has 3 heteroatoms. The summed E-state index contributed by atoms with van der Waals surface area (Å²) in [6.45, 7) is 5.15. The third-order valence-electron chi connectivity index (χ3n) is 3.22. The van der Waals surface area contributed by atoms with E-state index in [4.69, 9.17) is 9.47 Å². The van der Waals surface area contributed by atoms with Gasteiger partial charge in [-0.15, -0.1) is 0 Å². The molecule has 1 aromatic rings. The molecule has 0 atom stereocenters. The first kappa shape index (κ1) is 11.9. The van der Waals surface area contributed by atoms with Crippen molar-refractivity contribution < 1.29 is 9.47 Å². The van der Waals surface area contributed by atoms with Crippen LogP contribution in [0.2, 0.25) is 0 Å². The third kappa shape index (κ3) is 2.13. The fraction of sp³-hybridized carbons (Fsp3) is 0.500. The average molecular weight is 231 g/mol. The van der Waals surface area contributed by atoms with Crippen LogP contribution in [0.1, 0.15) is 16.7 Å². The quantitative estimate of drug-likeness (QED) is 0.802. The number of benzene rings is 1. The van der Waals surface area contributed by atoms with Crippen molar-refractivity contribution in [3.63, 3.8) is 0 Å². The van der Waals surface area contributed by atoms with Crippen LogP contribution in [-0.2, 0) is 11.2 Å². The summed E-state index contributed by atoms with van der Waals surface area (Å²) < 4.78 is 10.6. The van der Waals surface area contributed by atoms with Gasteiger partial charge in [0.1, 0.15) is 11.2 Å². The molecule has 0 bridgehead atoms. The lowest BCUT2D eigenvalue weighted by Gasteiger charge is -2.35. The molecule has 90 valence electrons. The molecule has 1 aromatic carbocycles. The minimum absolute atomic E-state index is 0.354. The first-order valence-electron chi connectivity index (χ1n) is 5.73. The van der Waals surface area contributed by atoms with E-state index in [2.05, 4.69) is 25.1 Å². The summed E-state index contributed by atoms with van der Waals surface area (Å²) in [6.07, 6.45) is 0.704. The SMILES string of the molecule is COc1c(C)cc(C)cc1CC1(C#N)COC1. The van der Waals surface area contributed by atoms with Crippen molar-refractivity contribution in [3.05, 3.63) is 28.8 Å². The standard InChI is InChI=1S/C14H17NO2/c1-10-4-11(2)13(16-3)12(5-10)6-14(7-15)8-17-9-14/h4-5H,6,8-9H2,1-3H3. The van der Waals surface area contributed by atoms with E-state index in [1.54, 1.807) is 7.11 Å². The number of hydrogen-bond donors (Lipinski definition) is 0. The topological polar surface area (TPSA) is 42.2 Å². The van der Waals surface area contributed by atoms with Gasteiger partial charge in [-0.25, -0.2) is 0 Å². The fourth-order valence-electron chi connectivity index (χ4n) is 2.38. The number of methoxy groups -OCH3 is 1. The first-order chi connectivity index (χ1) is 8.10. The summed E-state index contributed by atoms with van der Waals surface area (Å²) in [6, 6.07) is 6.57. The second kappa shape index (κ2) is 4.38. The predicted molar refractivity (Wildman–Crippen MR) is 65.0 cm³/mol. The Morgan fingerprint density at radius 3 is 2.59 bits per heavy atom. The van der Waals surface area contributed by atoms with Crippen LogP contribution < -0.4 is 4.74 Å². The molecule has 0 aromatic heterocycles. The van der Waals surface area contributed by atoms with E-state index in [0.29, 0.717) is 19.6 Å². The molecule has 2 rings (SSSR count). The van der Waals surface area contributed by atoms with Gasteiger partial charge in [0.25, 0.3) is 0 Å². The van der Waals surface area contributed by atoms with Crippen molar-refractivity contribution in [2.75, 3.05) is 20.3 Å². The lowest BCUT2D eigenvalue weighted by atomic mass is 9.80. The largest absolute Gasteiger partial charge is 0.496 e. The molecule has 1 fully saturated rings. The predicted octanol–water partition coefficient (Wildman–Crippen LogP) is 2.39. The number of aryl methyl sites for hydroxylation is 2. The zero-order valence-electron chi connectivity index (χ0n) is 10.5. The van der Waals surface area contributed by atoms with Crippen LogP contribution in [0.4, 0.5) is 0 Å². The van der Waals surface area contributed by atoms with E-state index < -0.39 is 0 Å². The van der Waals surface area contributed by atoms with Gasteiger partial charge in [0.2, 0.25) is 0 Å². The molecular formula is C14H17NO2. The smallest absolute Gasteiger partial charge is 0.125 e. The van der Waals surface area contributed by atoms with Gasteiger partial charge in [-0.1, -0.05) is 17.7 Å². The lowest BCUT2D eigenvalue weighted by Crippen LogP contribution is -2.43. The van der Waals surface area contributed by atoms with Crippen molar-refractivity contribution in [1.29, 1.82) is 5.26 Å². The van der Waals surface area contributed by atoms with E-state index in [1.165, 1.54) is 5.56 Å². The van der Waals surface area contributed by atoms with Gasteiger partial charge < -0.3 is 9.47 Å². The third-order valence-corrected chi connectivity index (χ3v) is 3.22. The molecule has 1 aliphatic rings. The van der Waals surface area contributed by atoms with Crippen molar-refractivity contribution in [2.24, 2.45) is 5.41 Å². The Labute approximate surface area is 102 Å². The summed E-state index contributed by atoms with van der Waals surface area (Å²) in [5.41, 5.74) is 3.07. The van der Waals surface area contributed by atoms with Crippen LogP contribution in [0.25, 0.3) is 0 Å². The second-order valence-electron chi connectivity index (χ2n) is 4.84. The normalized spacial score (nSPS) is 17.1. The Morgan fingerprint density at radius 1 is 1.41 bits per heavy atom. The van der Waals surface area contributed by atoms with Crippen LogP contribution in [0.3, 0.4) is 0 Å². The maximum atomic E-state index is 9.23. The molecule has 1 heterocycles. The van der Waals surface area contributed by atoms with Crippen molar-refractivity contribution >= 4 is 0 Å². The Morgan fingerprint density at radius 2 is 2.12 bits per heavy atom. The van der Waals surface area contributed by atoms with Crippen molar-refractivity contribution in [2.45, 2.75) is 20.3 Å². The Hall–Kier alpha value is -1.53. The Balaban J connectivity index is 2.35. The molecule has 0 amide bonds. The van der Waals surface area contributed by atoms with Gasteiger partial charge in [-0.3, -0.25) is 0 Å². The Kier molecular flexibility index (Phi) is 3.08. The number of nitrogens with zero attached hydrogens (tertiary/aromatic N) is 1. The van der Waals surface area contributed by atoms with Crippen LogP contribution in [-0.4, -0.2) is 20.3 Å². The van der Waals surface area contributed by atoms with Gasteiger partial charge in [0.05, 0.1) is 26.4 Å². The summed E-state index contributed by atoms with van der Waals surface area (Å²) in [7, 11) is 1.68. The maximum Gasteiger partial charge on any atom is 0.125 e. The molecule has 3 nitrogen and oxygen atoms in total. The molecule has 0 radical (unpaired) electrons. The molecule has 1 aliphatic heterocycles. The van der Waals surface area contributed by atoms with Crippen molar-refractivity contribution in [1.82, 2.24) is 0 Å². The Bertz CT molecular complexity index is 470. The first-order valence-corrected chi connectivity index (χ1v) is 5.73. The van der Waals surface area contributed by atoms with E-state index in [-0.39, 0.29) is 5.41 Å². The highest BCUT2D eigenvalue weighted by atomic mass is 16.5. The second-order valence-corrected chi connectivity index (χ2v) is 4.84. The molecule has 0 spiro atoms. The van der Waals surface area contributed by atoms with Crippen LogP contribution >= 0.6 is 0 Å². The van der Waals surface area contributed by atoms with Crippen molar-refractivity contribution in [3.8, 4) is 11.8 Å². The van der Waals surface area contributed by atoms with Crippen LogP contribution in [0.15, 0.2) is 12.1 Å². The molecule has 0 unspecified atom stereocenters. The number of ether oxygens (including phenoxy) is 2. The summed E-state index contributed by atoms with van der Waals surface area (Å²) in [4.78, 5) is 0. The zero-order chi connectivity index (χ0) is 12.5. The fourth-order valence-corrected chi connectivity index (χ4v) is 2.38. The van der Waals surface area contributed by atoms with E-state index in [1.807, 2.05) is 6.92 Å². The highest BCUT2D eigenvalue weighted by molar-refractivity contribution is 5.45. The van der Waals surface area contributed by atoms with Gasteiger partial charge in [-0.2, -0.15) is 5.26 Å². The molecule has 0 saturated carbocycles. The average Bonchev–Trinajstić information content (AvgIpc) is 2.23. The van der Waals surface area contributed by atoms with E-state index >= 15 is 0 Å². The minimum Gasteiger partial charge on any atom is -0.496 e. The summed E-state index contributed by atoms with van der Waals surface area (Å²) in [5.74, 6) is 0.900. The van der Waals surface area contributed by atoms with Crippen LogP contribution in [0, 0.1) is 30.6 Å². The highest BCUT2D eigenvalue weighted by Crippen LogP contribution is 2.35. The maximum absolute atomic E-state index is 9.23. The summed E-state index contributed by atoms with van der Waals surface area (Å²) >= 11 is 0. The molecule has 0 aliphatic carbocycles.